The Kier molecular flexibility index (Phi) is 5.13. The first-order valence-corrected chi connectivity index (χ1v) is 10.3. The van der Waals surface area contributed by atoms with Crippen LogP contribution >= 0.6 is 0 Å². The number of benzene rings is 2. The van der Waals surface area contributed by atoms with E-state index in [0.717, 1.165) is 16.7 Å². The van der Waals surface area contributed by atoms with Gasteiger partial charge in [-0.15, -0.1) is 0 Å². The van der Waals surface area contributed by atoms with Gasteiger partial charge in [0.25, 0.3) is 0 Å². The van der Waals surface area contributed by atoms with Crippen LogP contribution in [0, 0.1) is 0 Å². The summed E-state index contributed by atoms with van der Waals surface area (Å²) in [4.78, 5) is 23.8. The number of imidazole rings is 1. The number of hydrogen-bond acceptors (Lipinski definition) is 6. The van der Waals surface area contributed by atoms with E-state index in [4.69, 9.17) is 14.5 Å². The molecule has 0 radical (unpaired) electrons. The van der Waals surface area contributed by atoms with Gasteiger partial charge in [0, 0.05) is 24.2 Å². The van der Waals surface area contributed by atoms with Crippen molar-refractivity contribution in [1.29, 1.82) is 0 Å². The van der Waals surface area contributed by atoms with Gasteiger partial charge in [-0.3, -0.25) is 4.79 Å². The van der Waals surface area contributed by atoms with Crippen molar-refractivity contribution in [3.63, 3.8) is 0 Å². The van der Waals surface area contributed by atoms with Gasteiger partial charge in [-0.05, 0) is 39.8 Å². The smallest absolute Gasteiger partial charge is 0.195 e. The highest BCUT2D eigenvalue weighted by Gasteiger charge is 2.48. The summed E-state index contributed by atoms with van der Waals surface area (Å²) in [7, 11) is 3.23. The number of aromatic amines is 1. The molecule has 31 heavy (non-hydrogen) atoms. The molecule has 0 bridgehead atoms. The van der Waals surface area contributed by atoms with Crippen LogP contribution in [0.5, 0.6) is 11.5 Å². The third kappa shape index (κ3) is 3.50. The molecule has 162 valence electrons. The molecule has 7 nitrogen and oxygen atoms in total. The first-order valence-electron chi connectivity index (χ1n) is 10.3. The minimum absolute atomic E-state index is 0.0171. The van der Waals surface area contributed by atoms with Crippen LogP contribution in [0.2, 0.25) is 0 Å². The molecular weight excluding hydrogens is 392 g/mol. The predicted octanol–water partition coefficient (Wildman–Crippen LogP) is 4.11. The van der Waals surface area contributed by atoms with E-state index in [1.54, 1.807) is 14.2 Å². The average molecular weight is 421 g/mol. The summed E-state index contributed by atoms with van der Waals surface area (Å²) in [6, 6.07) is 13.5. The maximum Gasteiger partial charge on any atom is 0.195 e. The van der Waals surface area contributed by atoms with Crippen LogP contribution in [-0.2, 0) is 4.79 Å². The summed E-state index contributed by atoms with van der Waals surface area (Å²) in [5, 5.41) is 3.49. The topological polar surface area (TPSA) is 79.5 Å². The molecule has 2 heterocycles. The summed E-state index contributed by atoms with van der Waals surface area (Å²) >= 11 is 0. The molecule has 0 aliphatic carbocycles. The van der Waals surface area contributed by atoms with E-state index < -0.39 is 5.54 Å². The molecule has 0 saturated heterocycles. The molecule has 4 rings (SSSR count). The Morgan fingerprint density at radius 2 is 1.71 bits per heavy atom. The fourth-order valence-electron chi connectivity index (χ4n) is 3.98. The second-order valence-corrected chi connectivity index (χ2v) is 8.42. The molecule has 2 N–H and O–H groups in total. The minimum Gasteiger partial charge on any atom is -0.497 e. The standard InChI is InChI=1S/C24H28N4O3/c1-14(2)25-23-20(22-26-18-9-7-8-10-19(18)27-22)21(29)24(3,4)28(23)15-11-16(30-5)13-17(12-15)31-6/h7-14,25H,1-6H3,(H,26,27). The lowest BCUT2D eigenvalue weighted by atomic mass is 9.95. The number of para-hydroxylation sites is 2. The van der Waals surface area contributed by atoms with E-state index in [-0.39, 0.29) is 11.8 Å². The Hall–Kier alpha value is -3.48. The Bertz CT molecular complexity index is 1120. The number of H-pyrrole nitrogens is 1. The van der Waals surface area contributed by atoms with Crippen molar-refractivity contribution in [2.75, 3.05) is 19.1 Å². The van der Waals surface area contributed by atoms with Crippen molar-refractivity contribution < 1.29 is 14.3 Å². The normalized spacial score (nSPS) is 15.8. The van der Waals surface area contributed by atoms with Gasteiger partial charge in [0.1, 0.15) is 34.3 Å². The van der Waals surface area contributed by atoms with Crippen molar-refractivity contribution >= 4 is 28.1 Å². The maximum absolute atomic E-state index is 13.7. The number of anilines is 1. The van der Waals surface area contributed by atoms with Gasteiger partial charge < -0.3 is 24.7 Å². The minimum atomic E-state index is -0.844. The molecule has 2 aromatic carbocycles. The van der Waals surface area contributed by atoms with E-state index in [2.05, 4.69) is 10.3 Å². The molecule has 0 fully saturated rings. The zero-order valence-corrected chi connectivity index (χ0v) is 18.7. The number of Topliss-reactive ketones (excluding diaryl/α,β-unsaturated/α-hetero) is 1. The Morgan fingerprint density at radius 3 is 2.29 bits per heavy atom. The van der Waals surface area contributed by atoms with Gasteiger partial charge in [0.2, 0.25) is 0 Å². The molecule has 0 amide bonds. The van der Waals surface area contributed by atoms with Crippen molar-refractivity contribution in [1.82, 2.24) is 15.3 Å². The molecule has 0 spiro atoms. The number of hydrogen-bond donors (Lipinski definition) is 2. The number of methoxy groups -OCH3 is 2. The summed E-state index contributed by atoms with van der Waals surface area (Å²) in [6.07, 6.45) is 0. The number of ether oxygens (including phenoxy) is 2. The lowest BCUT2D eigenvalue weighted by Crippen LogP contribution is -2.47. The highest BCUT2D eigenvalue weighted by molar-refractivity contribution is 6.29. The highest BCUT2D eigenvalue weighted by Crippen LogP contribution is 2.43. The number of carbonyl (C=O) groups excluding carboxylic acids is 1. The van der Waals surface area contributed by atoms with Crippen LogP contribution in [0.1, 0.15) is 33.5 Å². The molecule has 1 aliphatic heterocycles. The molecule has 1 aromatic heterocycles. The van der Waals surface area contributed by atoms with Crippen molar-refractivity contribution in [2.24, 2.45) is 0 Å². The monoisotopic (exact) mass is 420 g/mol. The molecule has 7 heteroatoms. The largest absolute Gasteiger partial charge is 0.497 e. The molecule has 3 aromatic rings. The van der Waals surface area contributed by atoms with Crippen LogP contribution in [0.15, 0.2) is 48.3 Å². The lowest BCUT2D eigenvalue weighted by Gasteiger charge is -2.35. The molecule has 0 atom stereocenters. The third-order valence-corrected chi connectivity index (χ3v) is 5.45. The summed E-state index contributed by atoms with van der Waals surface area (Å²) in [6.45, 7) is 7.92. The SMILES string of the molecule is COc1cc(OC)cc(N2C(NC(C)C)=C(c3nc4ccccc4[nH]3)C(=O)C2(C)C)c1. The molecular formula is C24H28N4O3. The quantitative estimate of drug-likeness (QED) is 0.625. The van der Waals surface area contributed by atoms with E-state index in [0.29, 0.717) is 28.7 Å². The summed E-state index contributed by atoms with van der Waals surface area (Å²) in [5.41, 5.74) is 2.20. The van der Waals surface area contributed by atoms with Crippen molar-refractivity contribution in [3.8, 4) is 11.5 Å². The second-order valence-electron chi connectivity index (χ2n) is 8.42. The third-order valence-electron chi connectivity index (χ3n) is 5.45. The van der Waals surface area contributed by atoms with Crippen LogP contribution in [-0.4, -0.2) is 41.6 Å². The zero-order valence-electron chi connectivity index (χ0n) is 18.7. The fourth-order valence-corrected chi connectivity index (χ4v) is 3.98. The zero-order chi connectivity index (χ0) is 22.3. The summed E-state index contributed by atoms with van der Waals surface area (Å²) < 4.78 is 10.9. The van der Waals surface area contributed by atoms with Gasteiger partial charge in [0.15, 0.2) is 5.78 Å². The van der Waals surface area contributed by atoms with E-state index in [1.165, 1.54) is 0 Å². The molecule has 0 unspecified atom stereocenters. The number of nitrogens with zero attached hydrogens (tertiary/aromatic N) is 2. The first kappa shape index (κ1) is 20.8. The van der Waals surface area contributed by atoms with E-state index in [9.17, 15) is 4.79 Å². The van der Waals surface area contributed by atoms with E-state index in [1.807, 2.05) is 75.1 Å². The predicted molar refractivity (Wildman–Crippen MR) is 122 cm³/mol. The fraction of sp³-hybridized carbons (Fsp3) is 0.333. The maximum atomic E-state index is 13.7. The van der Waals surface area contributed by atoms with Crippen LogP contribution in [0.25, 0.3) is 16.6 Å². The van der Waals surface area contributed by atoms with Crippen molar-refractivity contribution in [2.45, 2.75) is 39.3 Å². The summed E-state index contributed by atoms with van der Waals surface area (Å²) in [5.74, 6) is 2.55. The number of carbonyl (C=O) groups is 1. The van der Waals surface area contributed by atoms with Crippen LogP contribution in [0.3, 0.4) is 0 Å². The average Bonchev–Trinajstić information content (AvgIpc) is 3.23. The molecule has 0 saturated carbocycles. The van der Waals surface area contributed by atoms with E-state index >= 15 is 0 Å². The Balaban J connectivity index is 1.96. The number of ketones is 1. The Labute approximate surface area is 182 Å². The van der Waals surface area contributed by atoms with Gasteiger partial charge in [-0.2, -0.15) is 0 Å². The lowest BCUT2D eigenvalue weighted by molar-refractivity contribution is -0.116. The van der Waals surface area contributed by atoms with Crippen LogP contribution < -0.4 is 19.7 Å². The van der Waals surface area contributed by atoms with Crippen LogP contribution in [0.4, 0.5) is 5.69 Å². The number of rotatable bonds is 6. The second kappa shape index (κ2) is 7.65. The van der Waals surface area contributed by atoms with Crippen molar-refractivity contribution in [3.05, 3.63) is 54.1 Å². The Morgan fingerprint density at radius 1 is 1.06 bits per heavy atom. The highest BCUT2D eigenvalue weighted by atomic mass is 16.5. The van der Waals surface area contributed by atoms with Gasteiger partial charge >= 0.3 is 0 Å². The first-order chi connectivity index (χ1) is 14.8. The molecule has 1 aliphatic rings. The van der Waals surface area contributed by atoms with Gasteiger partial charge in [-0.25, -0.2) is 4.98 Å². The number of fused-ring (bicyclic) bond motifs is 1. The van der Waals surface area contributed by atoms with Gasteiger partial charge in [0.05, 0.1) is 30.9 Å². The van der Waals surface area contributed by atoms with Gasteiger partial charge in [-0.1, -0.05) is 12.1 Å². The number of nitrogens with one attached hydrogen (secondary N) is 2. The number of aromatic nitrogens is 2.